The van der Waals surface area contributed by atoms with E-state index in [9.17, 15) is 0 Å². The van der Waals surface area contributed by atoms with Crippen molar-refractivity contribution in [3.63, 3.8) is 0 Å². The van der Waals surface area contributed by atoms with Crippen LogP contribution in [0, 0.1) is 5.92 Å². The van der Waals surface area contributed by atoms with Gasteiger partial charge in [0.1, 0.15) is 0 Å². The molecule has 1 saturated carbocycles. The van der Waals surface area contributed by atoms with Crippen molar-refractivity contribution in [2.45, 2.75) is 71.6 Å². The third-order valence-corrected chi connectivity index (χ3v) is 5.96. The molecule has 0 aromatic heterocycles. The van der Waals surface area contributed by atoms with Crippen LogP contribution in [0.3, 0.4) is 0 Å². The molecule has 2 nitrogen and oxygen atoms in total. The molecule has 2 fully saturated rings. The van der Waals surface area contributed by atoms with E-state index >= 15 is 0 Å². The Balaban J connectivity index is 1.74. The van der Waals surface area contributed by atoms with Crippen LogP contribution in [-0.2, 0) is 0 Å². The Bertz CT molecular complexity index is 503. The van der Waals surface area contributed by atoms with Crippen LogP contribution in [0.1, 0.15) is 82.8 Å². The van der Waals surface area contributed by atoms with E-state index in [2.05, 4.69) is 55.7 Å². The van der Waals surface area contributed by atoms with E-state index in [1.807, 2.05) is 0 Å². The fraction of sp³-hybridized carbons (Fsp3) is 0.727. The predicted octanol–water partition coefficient (Wildman–Crippen LogP) is 5.59. The molecule has 2 heteroatoms. The zero-order valence-electron chi connectivity index (χ0n) is 16.2. The van der Waals surface area contributed by atoms with Crippen molar-refractivity contribution in [1.29, 1.82) is 0 Å². The number of benzene rings is 1. The number of hydrogen-bond acceptors (Lipinski definition) is 2. The summed E-state index contributed by atoms with van der Waals surface area (Å²) < 4.78 is 0. The Morgan fingerprint density at radius 1 is 0.917 bits per heavy atom. The second kappa shape index (κ2) is 7.91. The number of nitrogens with zero attached hydrogens (tertiary/aromatic N) is 2. The summed E-state index contributed by atoms with van der Waals surface area (Å²) in [7, 11) is 0. The molecular weight excluding hydrogens is 292 g/mol. The summed E-state index contributed by atoms with van der Waals surface area (Å²) in [5, 5.41) is 0. The topological polar surface area (TPSA) is 6.48 Å². The molecule has 3 rings (SSSR count). The fourth-order valence-corrected chi connectivity index (χ4v) is 4.59. The van der Waals surface area contributed by atoms with Crippen LogP contribution in [0.25, 0.3) is 0 Å². The third kappa shape index (κ3) is 3.96. The van der Waals surface area contributed by atoms with E-state index < -0.39 is 0 Å². The second-order valence-electron chi connectivity index (χ2n) is 8.58. The van der Waals surface area contributed by atoms with Crippen LogP contribution in [-0.4, -0.2) is 31.2 Å². The lowest BCUT2D eigenvalue weighted by atomic mass is 9.89. The summed E-state index contributed by atoms with van der Waals surface area (Å²) in [5.74, 6) is 2.13. The van der Waals surface area contributed by atoms with Crippen molar-refractivity contribution >= 4 is 5.69 Å². The van der Waals surface area contributed by atoms with Crippen molar-refractivity contribution in [1.82, 2.24) is 4.90 Å². The normalized spacial score (nSPS) is 20.5. The minimum atomic E-state index is 0.589. The predicted molar refractivity (Wildman–Crippen MR) is 105 cm³/mol. The van der Waals surface area contributed by atoms with Crippen molar-refractivity contribution in [3.05, 3.63) is 29.3 Å². The summed E-state index contributed by atoms with van der Waals surface area (Å²) >= 11 is 0. The first-order chi connectivity index (χ1) is 11.6. The van der Waals surface area contributed by atoms with Crippen molar-refractivity contribution in [2.24, 2.45) is 5.92 Å². The summed E-state index contributed by atoms with van der Waals surface area (Å²) in [4.78, 5) is 5.37. The van der Waals surface area contributed by atoms with Gasteiger partial charge in [-0.25, -0.2) is 0 Å². The zero-order chi connectivity index (χ0) is 17.1. The van der Waals surface area contributed by atoms with Gasteiger partial charge in [-0.3, -0.25) is 4.90 Å². The van der Waals surface area contributed by atoms with Gasteiger partial charge in [0.05, 0.1) is 6.67 Å². The highest BCUT2D eigenvalue weighted by atomic mass is 15.4. The summed E-state index contributed by atoms with van der Waals surface area (Å²) in [6, 6.07) is 6.94. The summed E-state index contributed by atoms with van der Waals surface area (Å²) in [6.45, 7) is 14.2. The van der Waals surface area contributed by atoms with Crippen LogP contribution in [0.15, 0.2) is 18.2 Å². The average Bonchev–Trinajstić information content (AvgIpc) is 3.03. The highest BCUT2D eigenvalue weighted by Gasteiger charge is 2.27. The standard InChI is InChI=1S/C22H36N2/c1-17(2)20-11-8-12-21(18(3)4)22(20)24-14-13-23(16-24)15-19-9-6-5-7-10-19/h8,11-12,17-19H,5-7,9-10,13-16H2,1-4H3. The van der Waals surface area contributed by atoms with Crippen molar-refractivity contribution < 1.29 is 0 Å². The number of anilines is 1. The smallest absolute Gasteiger partial charge is 0.0708 e. The molecule has 0 N–H and O–H groups in total. The lowest BCUT2D eigenvalue weighted by molar-refractivity contribution is 0.235. The van der Waals surface area contributed by atoms with E-state index in [1.54, 1.807) is 0 Å². The van der Waals surface area contributed by atoms with Gasteiger partial charge in [0.25, 0.3) is 0 Å². The van der Waals surface area contributed by atoms with Gasteiger partial charge in [-0.15, -0.1) is 0 Å². The molecule has 0 spiro atoms. The first kappa shape index (κ1) is 17.8. The monoisotopic (exact) mass is 328 g/mol. The van der Waals surface area contributed by atoms with Gasteiger partial charge in [0, 0.05) is 25.3 Å². The van der Waals surface area contributed by atoms with Crippen molar-refractivity contribution in [3.8, 4) is 0 Å². The van der Waals surface area contributed by atoms with Gasteiger partial charge in [0.15, 0.2) is 0 Å². The lowest BCUT2D eigenvalue weighted by Crippen LogP contribution is -2.31. The van der Waals surface area contributed by atoms with E-state index in [0.717, 1.165) is 12.6 Å². The maximum absolute atomic E-state index is 2.71. The summed E-state index contributed by atoms with van der Waals surface area (Å²) in [5.41, 5.74) is 4.59. The van der Waals surface area contributed by atoms with Gasteiger partial charge in [0.2, 0.25) is 0 Å². The molecule has 1 heterocycles. The molecule has 1 aliphatic carbocycles. The van der Waals surface area contributed by atoms with E-state index in [0.29, 0.717) is 11.8 Å². The Labute approximate surface area is 149 Å². The van der Waals surface area contributed by atoms with Crippen molar-refractivity contribution in [2.75, 3.05) is 31.2 Å². The van der Waals surface area contributed by atoms with Gasteiger partial charge in [-0.2, -0.15) is 0 Å². The van der Waals surface area contributed by atoms with Crippen LogP contribution >= 0.6 is 0 Å². The molecule has 0 atom stereocenters. The SMILES string of the molecule is CC(C)c1cccc(C(C)C)c1N1CCN(CC2CCCCC2)C1. The molecule has 134 valence electrons. The molecule has 0 bridgehead atoms. The van der Waals surface area contributed by atoms with Crippen LogP contribution < -0.4 is 4.90 Å². The maximum atomic E-state index is 2.71. The van der Waals surface area contributed by atoms with E-state index in [-0.39, 0.29) is 0 Å². The molecule has 24 heavy (non-hydrogen) atoms. The largest absolute Gasteiger partial charge is 0.357 e. The lowest BCUT2D eigenvalue weighted by Gasteiger charge is -2.30. The highest BCUT2D eigenvalue weighted by Crippen LogP contribution is 2.36. The minimum Gasteiger partial charge on any atom is -0.357 e. The first-order valence-electron chi connectivity index (χ1n) is 10.2. The third-order valence-electron chi connectivity index (χ3n) is 5.96. The highest BCUT2D eigenvalue weighted by molar-refractivity contribution is 5.62. The van der Waals surface area contributed by atoms with Crippen LogP contribution in [0.2, 0.25) is 0 Å². The Morgan fingerprint density at radius 3 is 2.12 bits per heavy atom. The molecule has 0 amide bonds. The quantitative estimate of drug-likeness (QED) is 0.695. The number of rotatable bonds is 5. The van der Waals surface area contributed by atoms with Crippen LogP contribution in [0.4, 0.5) is 5.69 Å². The minimum absolute atomic E-state index is 0.589. The number of hydrogen-bond donors (Lipinski definition) is 0. The first-order valence-corrected chi connectivity index (χ1v) is 10.2. The average molecular weight is 329 g/mol. The van der Waals surface area contributed by atoms with Gasteiger partial charge in [-0.1, -0.05) is 65.2 Å². The second-order valence-corrected chi connectivity index (χ2v) is 8.58. The molecule has 2 aliphatic rings. The van der Waals surface area contributed by atoms with Gasteiger partial charge >= 0.3 is 0 Å². The Kier molecular flexibility index (Phi) is 5.86. The molecule has 0 radical (unpaired) electrons. The van der Waals surface area contributed by atoms with E-state index in [4.69, 9.17) is 0 Å². The number of para-hydroxylation sites is 1. The van der Waals surface area contributed by atoms with Gasteiger partial charge in [-0.05, 0) is 41.7 Å². The Hall–Kier alpha value is -1.02. The zero-order valence-corrected chi connectivity index (χ0v) is 16.2. The molecule has 1 aliphatic heterocycles. The van der Waals surface area contributed by atoms with Crippen LogP contribution in [0.5, 0.6) is 0 Å². The molecule has 0 unspecified atom stereocenters. The molecule has 1 saturated heterocycles. The molecule has 1 aromatic carbocycles. The van der Waals surface area contributed by atoms with E-state index in [1.165, 1.54) is 68.6 Å². The Morgan fingerprint density at radius 2 is 1.54 bits per heavy atom. The summed E-state index contributed by atoms with van der Waals surface area (Å²) in [6.07, 6.45) is 7.28. The molecular formula is C22H36N2. The van der Waals surface area contributed by atoms with Gasteiger partial charge < -0.3 is 4.90 Å². The maximum Gasteiger partial charge on any atom is 0.0708 e. The fourth-order valence-electron chi connectivity index (χ4n) is 4.59. The molecule has 1 aromatic rings.